The van der Waals surface area contributed by atoms with Crippen LogP contribution >= 0.6 is 0 Å². The number of fused-ring (bicyclic) bond motifs is 1. The topological polar surface area (TPSA) is 115 Å². The van der Waals surface area contributed by atoms with E-state index in [-0.39, 0.29) is 24.4 Å². The lowest BCUT2D eigenvalue weighted by Crippen LogP contribution is -2.38. The summed E-state index contributed by atoms with van der Waals surface area (Å²) in [4.78, 5) is 46.7. The summed E-state index contributed by atoms with van der Waals surface area (Å²) in [6, 6.07) is 10.5. The monoisotopic (exact) mass is 370 g/mol. The van der Waals surface area contributed by atoms with Crippen molar-refractivity contribution in [2.24, 2.45) is 0 Å². The number of benzene rings is 1. The number of hydrogen-bond donors (Lipinski definition) is 2. The van der Waals surface area contributed by atoms with Gasteiger partial charge in [0, 0.05) is 12.6 Å². The first-order valence-corrected chi connectivity index (χ1v) is 8.47. The van der Waals surface area contributed by atoms with Crippen LogP contribution in [-0.4, -0.2) is 24.5 Å². The first-order chi connectivity index (χ1) is 13.0. The van der Waals surface area contributed by atoms with Crippen LogP contribution < -0.4 is 16.3 Å². The summed E-state index contributed by atoms with van der Waals surface area (Å²) in [5.74, 6) is -0.993. The standard InChI is InChI=1S/C19H18N2O6/c22-15-10-14-17(18(24)21-15)13(9-16(23)27-14)7-4-8-20-19(25)26-11-12-5-2-1-3-6-12/h1-3,5-6,9H,4,7-8,10-11H2,(H,20,25)(H,21,22,24). The zero-order valence-corrected chi connectivity index (χ0v) is 14.4. The van der Waals surface area contributed by atoms with Gasteiger partial charge in [-0.05, 0) is 24.0 Å². The van der Waals surface area contributed by atoms with Crippen LogP contribution in [0.4, 0.5) is 4.79 Å². The molecule has 2 N–H and O–H groups in total. The molecule has 0 atom stereocenters. The van der Waals surface area contributed by atoms with E-state index in [2.05, 4.69) is 10.6 Å². The average Bonchev–Trinajstić information content (AvgIpc) is 2.63. The van der Waals surface area contributed by atoms with Gasteiger partial charge in [-0.2, -0.15) is 0 Å². The molecule has 0 radical (unpaired) electrons. The molecule has 27 heavy (non-hydrogen) atoms. The third-order valence-corrected chi connectivity index (χ3v) is 4.02. The maximum atomic E-state index is 12.0. The van der Waals surface area contributed by atoms with Crippen molar-refractivity contribution < 1.29 is 23.5 Å². The minimum absolute atomic E-state index is 0.0847. The zero-order valence-electron chi connectivity index (χ0n) is 14.4. The summed E-state index contributed by atoms with van der Waals surface area (Å²) in [5, 5.41) is 4.83. The number of alkyl carbamates (subject to hydrolysis) is 1. The number of rotatable bonds is 6. The zero-order chi connectivity index (χ0) is 19.2. The van der Waals surface area contributed by atoms with Crippen molar-refractivity contribution in [3.8, 4) is 0 Å². The Morgan fingerprint density at radius 3 is 2.74 bits per heavy atom. The number of hydrogen-bond acceptors (Lipinski definition) is 6. The lowest BCUT2D eigenvalue weighted by Gasteiger charge is -2.16. The Hall–Kier alpha value is -3.42. The molecule has 0 bridgehead atoms. The second kappa shape index (κ2) is 8.31. The van der Waals surface area contributed by atoms with Gasteiger partial charge in [0.15, 0.2) is 0 Å². The van der Waals surface area contributed by atoms with Crippen LogP contribution in [0.15, 0.2) is 45.6 Å². The first kappa shape index (κ1) is 18.4. The molecule has 2 aromatic rings. The Bertz CT molecular complexity index is 920. The Kier molecular flexibility index (Phi) is 5.65. The van der Waals surface area contributed by atoms with Crippen molar-refractivity contribution in [2.45, 2.75) is 25.9 Å². The molecule has 140 valence electrons. The lowest BCUT2D eigenvalue weighted by atomic mass is 9.98. The van der Waals surface area contributed by atoms with Gasteiger partial charge in [0.25, 0.3) is 5.91 Å². The first-order valence-electron chi connectivity index (χ1n) is 8.47. The van der Waals surface area contributed by atoms with E-state index < -0.39 is 23.5 Å². The molecular weight excluding hydrogens is 352 g/mol. The molecule has 0 fully saturated rings. The molecule has 3 rings (SSSR count). The molecule has 1 aromatic heterocycles. The minimum atomic E-state index is -0.610. The number of carbonyl (C=O) groups is 3. The summed E-state index contributed by atoms with van der Waals surface area (Å²) in [5.41, 5.74) is 0.990. The van der Waals surface area contributed by atoms with Crippen LogP contribution in [0.2, 0.25) is 0 Å². The summed E-state index contributed by atoms with van der Waals surface area (Å²) >= 11 is 0. The normalized spacial score (nSPS) is 12.9. The Morgan fingerprint density at radius 2 is 1.96 bits per heavy atom. The summed E-state index contributed by atoms with van der Waals surface area (Å²) < 4.78 is 10.1. The molecule has 0 unspecified atom stereocenters. The lowest BCUT2D eigenvalue weighted by molar-refractivity contribution is -0.120. The second-order valence-corrected chi connectivity index (χ2v) is 6.03. The minimum Gasteiger partial charge on any atom is -0.445 e. The Balaban J connectivity index is 1.51. The van der Waals surface area contributed by atoms with Crippen molar-refractivity contribution in [1.29, 1.82) is 0 Å². The number of amides is 3. The van der Waals surface area contributed by atoms with E-state index in [4.69, 9.17) is 9.15 Å². The third kappa shape index (κ3) is 4.81. The number of carbonyl (C=O) groups excluding carboxylic acids is 3. The van der Waals surface area contributed by atoms with Crippen LogP contribution in [0, 0.1) is 0 Å². The Labute approximate surface area is 154 Å². The predicted octanol–water partition coefficient (Wildman–Crippen LogP) is 1.31. The van der Waals surface area contributed by atoms with Gasteiger partial charge in [0.05, 0.1) is 12.0 Å². The second-order valence-electron chi connectivity index (χ2n) is 6.03. The van der Waals surface area contributed by atoms with E-state index in [0.717, 1.165) is 5.56 Å². The molecule has 0 saturated heterocycles. The Morgan fingerprint density at radius 1 is 1.19 bits per heavy atom. The van der Waals surface area contributed by atoms with Crippen LogP contribution in [0.25, 0.3) is 0 Å². The molecule has 0 saturated carbocycles. The summed E-state index contributed by atoms with van der Waals surface area (Å²) in [6.45, 7) is 0.483. The van der Waals surface area contributed by atoms with E-state index in [9.17, 15) is 19.2 Å². The molecule has 3 amide bonds. The molecule has 8 heteroatoms. The van der Waals surface area contributed by atoms with Gasteiger partial charge in [-0.25, -0.2) is 9.59 Å². The average molecular weight is 370 g/mol. The molecule has 1 aromatic carbocycles. The van der Waals surface area contributed by atoms with Crippen LogP contribution in [0.3, 0.4) is 0 Å². The maximum absolute atomic E-state index is 12.0. The largest absolute Gasteiger partial charge is 0.445 e. The van der Waals surface area contributed by atoms with Crippen LogP contribution in [-0.2, 0) is 29.0 Å². The van der Waals surface area contributed by atoms with Gasteiger partial charge in [-0.15, -0.1) is 0 Å². The number of nitrogens with one attached hydrogen (secondary N) is 2. The fraction of sp³-hybridized carbons (Fsp3) is 0.263. The van der Waals surface area contributed by atoms with Crippen LogP contribution in [0.5, 0.6) is 0 Å². The van der Waals surface area contributed by atoms with E-state index in [0.29, 0.717) is 24.9 Å². The number of imide groups is 1. The van der Waals surface area contributed by atoms with Crippen molar-refractivity contribution in [3.63, 3.8) is 0 Å². The fourth-order valence-electron chi connectivity index (χ4n) is 2.81. The highest BCUT2D eigenvalue weighted by Crippen LogP contribution is 2.18. The molecule has 2 heterocycles. The summed E-state index contributed by atoms with van der Waals surface area (Å²) in [6.07, 6.45) is 0.164. The molecular formula is C19H18N2O6. The maximum Gasteiger partial charge on any atom is 0.407 e. The quantitative estimate of drug-likeness (QED) is 0.585. The van der Waals surface area contributed by atoms with Gasteiger partial charge in [-0.1, -0.05) is 30.3 Å². The summed E-state index contributed by atoms with van der Waals surface area (Å²) in [7, 11) is 0. The van der Waals surface area contributed by atoms with E-state index in [1.807, 2.05) is 30.3 Å². The third-order valence-electron chi connectivity index (χ3n) is 4.02. The van der Waals surface area contributed by atoms with Crippen molar-refractivity contribution in [1.82, 2.24) is 10.6 Å². The highest BCUT2D eigenvalue weighted by molar-refractivity contribution is 6.09. The van der Waals surface area contributed by atoms with Gasteiger partial charge in [0.1, 0.15) is 12.4 Å². The molecule has 8 nitrogen and oxygen atoms in total. The fourth-order valence-corrected chi connectivity index (χ4v) is 2.81. The molecule has 1 aliphatic rings. The van der Waals surface area contributed by atoms with Gasteiger partial charge in [-0.3, -0.25) is 14.9 Å². The number of aryl methyl sites for hydroxylation is 1. The van der Waals surface area contributed by atoms with Crippen LogP contribution in [0.1, 0.15) is 33.7 Å². The highest BCUT2D eigenvalue weighted by atomic mass is 16.5. The van der Waals surface area contributed by atoms with E-state index in [1.165, 1.54) is 6.07 Å². The van der Waals surface area contributed by atoms with Crippen molar-refractivity contribution >= 4 is 17.9 Å². The van der Waals surface area contributed by atoms with E-state index in [1.54, 1.807) is 0 Å². The smallest absolute Gasteiger partial charge is 0.407 e. The SMILES string of the molecule is O=C1Cc2oc(=O)cc(CCCNC(=O)OCc3ccccc3)c2C(=O)N1. The van der Waals surface area contributed by atoms with Gasteiger partial charge >= 0.3 is 11.7 Å². The number of ether oxygens (including phenoxy) is 1. The van der Waals surface area contributed by atoms with Gasteiger partial charge in [0.2, 0.25) is 5.91 Å². The van der Waals surface area contributed by atoms with Gasteiger partial charge < -0.3 is 14.5 Å². The predicted molar refractivity (Wildman–Crippen MR) is 94.1 cm³/mol. The van der Waals surface area contributed by atoms with E-state index >= 15 is 0 Å². The van der Waals surface area contributed by atoms with Crippen molar-refractivity contribution in [3.05, 3.63) is 69.3 Å². The highest BCUT2D eigenvalue weighted by Gasteiger charge is 2.27. The van der Waals surface area contributed by atoms with Crippen molar-refractivity contribution in [2.75, 3.05) is 6.54 Å². The molecule has 0 spiro atoms. The molecule has 0 aliphatic carbocycles. The molecule has 1 aliphatic heterocycles.